The van der Waals surface area contributed by atoms with E-state index < -0.39 is 28.8 Å². The number of hydrogen-bond donors (Lipinski definition) is 1. The second-order valence-electron chi connectivity index (χ2n) is 3.96. The van der Waals surface area contributed by atoms with Gasteiger partial charge in [-0.25, -0.2) is 0 Å². The molecule has 1 aromatic rings. The highest BCUT2D eigenvalue weighted by Gasteiger charge is 2.35. The van der Waals surface area contributed by atoms with Crippen molar-refractivity contribution in [1.82, 2.24) is 0 Å². The van der Waals surface area contributed by atoms with Gasteiger partial charge in [-0.3, -0.25) is 0 Å². The molecule has 1 rings (SSSR count). The number of alkyl halides is 3. The predicted molar refractivity (Wildman–Crippen MR) is 72.0 cm³/mol. The molecule has 1 aromatic carbocycles. The molecule has 23 heavy (non-hydrogen) atoms. The second-order valence-corrected chi connectivity index (χ2v) is 3.96. The van der Waals surface area contributed by atoms with Gasteiger partial charge in [-0.15, -0.1) is 0 Å². The van der Waals surface area contributed by atoms with Crippen LogP contribution in [0.5, 0.6) is 11.5 Å². The predicted octanol–water partition coefficient (Wildman–Crippen LogP) is 2.96. The number of benzene rings is 1. The summed E-state index contributed by atoms with van der Waals surface area (Å²) in [6.45, 7) is 0. The van der Waals surface area contributed by atoms with Crippen molar-refractivity contribution in [2.75, 3.05) is 19.5 Å². The van der Waals surface area contributed by atoms with Gasteiger partial charge in [-0.1, -0.05) is 0 Å². The maximum absolute atomic E-state index is 13.0. The van der Waals surface area contributed by atoms with Gasteiger partial charge in [0.1, 0.15) is 35.4 Å². The lowest BCUT2D eigenvalue weighted by Crippen LogP contribution is -2.10. The van der Waals surface area contributed by atoms with Crippen LogP contribution in [0.25, 0.3) is 0 Å². The zero-order valence-electron chi connectivity index (χ0n) is 11.9. The third kappa shape index (κ3) is 3.84. The van der Waals surface area contributed by atoms with Crippen LogP contribution in [-0.4, -0.2) is 14.2 Å². The van der Waals surface area contributed by atoms with E-state index in [1.807, 2.05) is 0 Å². The van der Waals surface area contributed by atoms with E-state index in [1.54, 1.807) is 6.07 Å². The van der Waals surface area contributed by atoms with Gasteiger partial charge in [0, 0.05) is 6.07 Å². The minimum Gasteiger partial charge on any atom is -0.496 e. The van der Waals surface area contributed by atoms with Crippen molar-refractivity contribution in [3.05, 3.63) is 29.0 Å². The summed E-state index contributed by atoms with van der Waals surface area (Å²) in [5, 5.41) is 28.8. The van der Waals surface area contributed by atoms with E-state index in [9.17, 15) is 13.2 Å². The highest BCUT2D eigenvalue weighted by molar-refractivity contribution is 5.68. The van der Waals surface area contributed by atoms with Gasteiger partial charge >= 0.3 is 6.18 Å². The normalized spacial score (nSPS) is 9.83. The SMILES string of the molecule is COc1cc(OC)c(C(F)(F)F)cc1NC(C#N)=C(C#N)C#N. The quantitative estimate of drug-likeness (QED) is 0.855. The summed E-state index contributed by atoms with van der Waals surface area (Å²) in [6.07, 6.45) is -4.71. The number of allylic oxidation sites excluding steroid dienone is 2. The van der Waals surface area contributed by atoms with Crippen molar-refractivity contribution in [3.8, 4) is 29.7 Å². The van der Waals surface area contributed by atoms with Gasteiger partial charge in [0.05, 0.1) is 25.5 Å². The minimum atomic E-state index is -4.71. The molecule has 0 aliphatic rings. The third-order valence-corrected chi connectivity index (χ3v) is 2.67. The molecule has 0 saturated carbocycles. The van der Waals surface area contributed by atoms with Gasteiger partial charge < -0.3 is 14.8 Å². The summed E-state index contributed by atoms with van der Waals surface area (Å²) in [5.41, 5.74) is -2.40. The fourth-order valence-electron chi connectivity index (χ4n) is 1.64. The fraction of sp³-hybridized carbons (Fsp3) is 0.214. The minimum absolute atomic E-state index is 0.0576. The first-order valence-corrected chi connectivity index (χ1v) is 5.87. The molecule has 0 bridgehead atoms. The Kier molecular flexibility index (Phi) is 5.42. The van der Waals surface area contributed by atoms with Gasteiger partial charge in [0.25, 0.3) is 0 Å². The molecule has 0 aliphatic carbocycles. The van der Waals surface area contributed by atoms with Crippen LogP contribution >= 0.6 is 0 Å². The zero-order valence-corrected chi connectivity index (χ0v) is 11.9. The Balaban J connectivity index is 3.54. The monoisotopic (exact) mass is 322 g/mol. The second kappa shape index (κ2) is 7.06. The fourth-order valence-corrected chi connectivity index (χ4v) is 1.64. The number of methoxy groups -OCH3 is 2. The molecule has 0 fully saturated rings. The number of rotatable bonds is 4. The maximum atomic E-state index is 13.0. The Hall–Kier alpha value is -3.38. The van der Waals surface area contributed by atoms with Crippen molar-refractivity contribution in [1.29, 1.82) is 15.8 Å². The summed E-state index contributed by atoms with van der Waals surface area (Å²) >= 11 is 0. The van der Waals surface area contributed by atoms with E-state index in [4.69, 9.17) is 20.5 Å². The van der Waals surface area contributed by atoms with Gasteiger partial charge in [0.15, 0.2) is 5.57 Å². The van der Waals surface area contributed by atoms with Crippen LogP contribution in [-0.2, 0) is 6.18 Å². The van der Waals surface area contributed by atoms with Crippen LogP contribution in [0.1, 0.15) is 5.56 Å². The molecular weight excluding hydrogens is 313 g/mol. The number of nitrogens with one attached hydrogen (secondary N) is 1. The van der Waals surface area contributed by atoms with Crippen LogP contribution in [0.3, 0.4) is 0 Å². The van der Waals surface area contributed by atoms with Crippen LogP contribution in [0, 0.1) is 34.0 Å². The highest BCUT2D eigenvalue weighted by atomic mass is 19.4. The third-order valence-electron chi connectivity index (χ3n) is 2.67. The number of halogens is 3. The number of nitrogens with zero attached hydrogens (tertiary/aromatic N) is 3. The molecule has 6 nitrogen and oxygen atoms in total. The molecule has 9 heteroatoms. The van der Waals surface area contributed by atoms with Crippen molar-refractivity contribution in [3.63, 3.8) is 0 Å². The largest absolute Gasteiger partial charge is 0.496 e. The molecular formula is C14H9F3N4O2. The molecule has 0 saturated heterocycles. The molecule has 118 valence electrons. The van der Waals surface area contributed by atoms with Gasteiger partial charge in [-0.05, 0) is 6.07 Å². The van der Waals surface area contributed by atoms with E-state index >= 15 is 0 Å². The van der Waals surface area contributed by atoms with Gasteiger partial charge in [0.2, 0.25) is 0 Å². The first kappa shape index (κ1) is 17.7. The van der Waals surface area contributed by atoms with E-state index in [1.165, 1.54) is 19.2 Å². The molecule has 0 aromatic heterocycles. The average Bonchev–Trinajstić information content (AvgIpc) is 2.53. The molecule has 0 heterocycles. The number of hydrogen-bond acceptors (Lipinski definition) is 6. The van der Waals surface area contributed by atoms with Crippen molar-refractivity contribution in [2.45, 2.75) is 6.18 Å². The zero-order chi connectivity index (χ0) is 17.6. The Morgan fingerprint density at radius 1 is 1.00 bits per heavy atom. The number of ether oxygens (including phenoxy) is 2. The molecule has 0 amide bonds. The summed E-state index contributed by atoms with van der Waals surface area (Å²) in [4.78, 5) is 0. The van der Waals surface area contributed by atoms with Gasteiger partial charge in [-0.2, -0.15) is 29.0 Å². The Labute approximate surface area is 129 Å². The Bertz CT molecular complexity index is 748. The van der Waals surface area contributed by atoms with E-state index in [2.05, 4.69) is 10.1 Å². The van der Waals surface area contributed by atoms with E-state index in [0.717, 1.165) is 13.2 Å². The van der Waals surface area contributed by atoms with Crippen molar-refractivity contribution in [2.24, 2.45) is 0 Å². The van der Waals surface area contributed by atoms with E-state index in [0.29, 0.717) is 6.07 Å². The molecule has 0 aliphatic heterocycles. The lowest BCUT2D eigenvalue weighted by molar-refractivity contribution is -0.138. The Morgan fingerprint density at radius 2 is 1.57 bits per heavy atom. The number of nitriles is 3. The lowest BCUT2D eigenvalue weighted by Gasteiger charge is -2.17. The summed E-state index contributed by atoms with van der Waals surface area (Å²) in [5.74, 6) is -0.527. The van der Waals surface area contributed by atoms with Crippen molar-refractivity contribution < 1.29 is 22.6 Å². The summed E-state index contributed by atoms with van der Waals surface area (Å²) in [6, 6.07) is 6.15. The average molecular weight is 322 g/mol. The van der Waals surface area contributed by atoms with Crippen molar-refractivity contribution >= 4 is 5.69 Å². The smallest absolute Gasteiger partial charge is 0.420 e. The first-order valence-electron chi connectivity index (χ1n) is 5.87. The highest BCUT2D eigenvalue weighted by Crippen LogP contribution is 2.42. The lowest BCUT2D eigenvalue weighted by atomic mass is 10.1. The molecule has 0 unspecified atom stereocenters. The Morgan fingerprint density at radius 3 is 1.96 bits per heavy atom. The van der Waals surface area contributed by atoms with Crippen LogP contribution in [0.15, 0.2) is 23.4 Å². The molecule has 0 spiro atoms. The van der Waals surface area contributed by atoms with E-state index in [-0.39, 0.29) is 11.4 Å². The standard InChI is InChI=1S/C14H9F3N4O2/c1-22-12-4-13(23-2)10(3-9(12)14(15,16)17)21-11(7-20)8(5-18)6-19/h3-4,21H,1-2H3. The summed E-state index contributed by atoms with van der Waals surface area (Å²) in [7, 11) is 2.28. The van der Waals surface area contributed by atoms with Crippen LogP contribution in [0.2, 0.25) is 0 Å². The van der Waals surface area contributed by atoms with Crippen LogP contribution in [0.4, 0.5) is 18.9 Å². The topological polar surface area (TPSA) is 102 Å². The number of anilines is 1. The molecule has 0 radical (unpaired) electrons. The maximum Gasteiger partial charge on any atom is 0.420 e. The van der Waals surface area contributed by atoms with Crippen LogP contribution < -0.4 is 14.8 Å². The summed E-state index contributed by atoms with van der Waals surface area (Å²) < 4.78 is 48.7. The first-order chi connectivity index (χ1) is 10.8. The molecule has 1 N–H and O–H groups in total. The molecule has 0 atom stereocenters.